The van der Waals surface area contributed by atoms with Gasteiger partial charge in [-0.25, -0.2) is 4.79 Å². The fraction of sp³-hybridized carbons (Fsp3) is 0.200. The molecule has 2 aliphatic heterocycles. The molecule has 2 aromatic rings. The maximum absolute atomic E-state index is 13.1. The van der Waals surface area contributed by atoms with Crippen molar-refractivity contribution in [2.24, 2.45) is 0 Å². The highest BCUT2D eigenvalue weighted by atomic mass is 19.4. The Balaban J connectivity index is 1.74. The molecular formula is C20H16F3N3O2. The minimum Gasteiger partial charge on any atom is -0.327 e. The number of hydrogen-bond donors (Lipinski definition) is 1. The Morgan fingerprint density at radius 1 is 1.04 bits per heavy atom. The van der Waals surface area contributed by atoms with Crippen LogP contribution in [0.1, 0.15) is 17.2 Å². The number of hydrogen-bond acceptors (Lipinski definition) is 2. The molecule has 5 nitrogen and oxygen atoms in total. The molecule has 28 heavy (non-hydrogen) atoms. The van der Waals surface area contributed by atoms with Crippen LogP contribution in [0.3, 0.4) is 0 Å². The number of benzene rings is 2. The molecule has 144 valence electrons. The largest absolute Gasteiger partial charge is 0.416 e. The SMILES string of the molecule is CN1C(=O)N[C@H](c2ccccc2)C2=C1CN(c1cccc(C(F)(F)F)c1)C2=O. The molecule has 1 N–H and O–H groups in total. The van der Waals surface area contributed by atoms with Gasteiger partial charge in [0.1, 0.15) is 0 Å². The van der Waals surface area contributed by atoms with Crippen LogP contribution in [-0.2, 0) is 11.0 Å². The van der Waals surface area contributed by atoms with Crippen LogP contribution in [-0.4, -0.2) is 30.4 Å². The Labute approximate surface area is 159 Å². The van der Waals surface area contributed by atoms with Crippen LogP contribution >= 0.6 is 0 Å². The van der Waals surface area contributed by atoms with Crippen LogP contribution in [0.5, 0.6) is 0 Å². The van der Waals surface area contributed by atoms with Crippen molar-refractivity contribution in [3.8, 4) is 0 Å². The first-order valence-corrected chi connectivity index (χ1v) is 8.58. The zero-order valence-corrected chi connectivity index (χ0v) is 14.8. The van der Waals surface area contributed by atoms with Crippen molar-refractivity contribution in [1.29, 1.82) is 0 Å². The lowest BCUT2D eigenvalue weighted by molar-refractivity contribution is -0.137. The summed E-state index contributed by atoms with van der Waals surface area (Å²) in [7, 11) is 1.54. The second kappa shape index (κ2) is 6.40. The number of alkyl halides is 3. The summed E-state index contributed by atoms with van der Waals surface area (Å²) in [6.07, 6.45) is -4.51. The number of halogens is 3. The monoisotopic (exact) mass is 387 g/mol. The summed E-state index contributed by atoms with van der Waals surface area (Å²) in [5.41, 5.74) is 0.896. The summed E-state index contributed by atoms with van der Waals surface area (Å²) < 4.78 is 39.2. The first-order chi connectivity index (χ1) is 13.3. The molecule has 0 aromatic heterocycles. The number of nitrogens with one attached hydrogen (secondary N) is 1. The van der Waals surface area contributed by atoms with Gasteiger partial charge in [0, 0.05) is 12.7 Å². The number of amides is 3. The minimum atomic E-state index is -4.51. The Morgan fingerprint density at radius 3 is 2.43 bits per heavy atom. The Kier molecular flexibility index (Phi) is 4.14. The summed E-state index contributed by atoms with van der Waals surface area (Å²) in [4.78, 5) is 28.1. The summed E-state index contributed by atoms with van der Waals surface area (Å²) in [6.45, 7) is 0.0305. The van der Waals surface area contributed by atoms with Gasteiger partial charge < -0.3 is 10.2 Å². The van der Waals surface area contributed by atoms with Gasteiger partial charge in [0.15, 0.2) is 0 Å². The van der Waals surface area contributed by atoms with Gasteiger partial charge in [-0.1, -0.05) is 36.4 Å². The molecule has 2 aromatic carbocycles. The predicted octanol–water partition coefficient (Wildman–Crippen LogP) is 3.70. The summed E-state index contributed by atoms with van der Waals surface area (Å²) >= 11 is 0. The van der Waals surface area contributed by atoms with Gasteiger partial charge >= 0.3 is 12.2 Å². The highest BCUT2D eigenvalue weighted by Crippen LogP contribution is 2.39. The average Bonchev–Trinajstić information content (AvgIpc) is 3.02. The molecule has 0 unspecified atom stereocenters. The van der Waals surface area contributed by atoms with E-state index in [0.29, 0.717) is 11.3 Å². The number of urea groups is 1. The zero-order valence-electron chi connectivity index (χ0n) is 14.8. The van der Waals surface area contributed by atoms with Gasteiger partial charge in [0.25, 0.3) is 5.91 Å². The molecule has 2 aliphatic rings. The predicted molar refractivity (Wildman–Crippen MR) is 96.3 cm³/mol. The van der Waals surface area contributed by atoms with E-state index >= 15 is 0 Å². The smallest absolute Gasteiger partial charge is 0.327 e. The van der Waals surface area contributed by atoms with Crippen LogP contribution in [0.15, 0.2) is 65.9 Å². The van der Waals surface area contributed by atoms with Crippen molar-refractivity contribution >= 4 is 17.6 Å². The van der Waals surface area contributed by atoms with E-state index < -0.39 is 23.7 Å². The van der Waals surface area contributed by atoms with Crippen LogP contribution in [0.25, 0.3) is 0 Å². The lowest BCUT2D eigenvalue weighted by atomic mass is 9.96. The normalized spacial score (nSPS) is 19.8. The summed E-state index contributed by atoms with van der Waals surface area (Å²) in [5.74, 6) is -0.421. The van der Waals surface area contributed by atoms with E-state index in [0.717, 1.165) is 17.7 Å². The molecule has 0 saturated heterocycles. The van der Waals surface area contributed by atoms with Crippen molar-refractivity contribution in [2.45, 2.75) is 12.2 Å². The molecule has 0 radical (unpaired) electrons. The van der Waals surface area contributed by atoms with Gasteiger partial charge in [-0.3, -0.25) is 9.69 Å². The maximum atomic E-state index is 13.1. The van der Waals surface area contributed by atoms with Gasteiger partial charge in [-0.2, -0.15) is 13.2 Å². The summed E-state index contributed by atoms with van der Waals surface area (Å²) in [6, 6.07) is 12.6. The molecule has 8 heteroatoms. The van der Waals surface area contributed by atoms with Crippen molar-refractivity contribution < 1.29 is 22.8 Å². The Hall–Kier alpha value is -3.29. The molecular weight excluding hydrogens is 371 g/mol. The third-order valence-corrected chi connectivity index (χ3v) is 4.98. The molecule has 0 aliphatic carbocycles. The standard InChI is InChI=1S/C20H16F3N3O2/c1-25-15-11-26(14-9-5-8-13(10-14)20(21,22)23)18(27)16(15)17(24-19(25)28)12-6-3-2-4-7-12/h2-10,17H,11H2,1H3,(H,24,28)/t17-/m1/s1. The van der Waals surface area contributed by atoms with E-state index in [2.05, 4.69) is 5.32 Å². The van der Waals surface area contributed by atoms with Crippen LogP contribution in [0, 0.1) is 0 Å². The number of likely N-dealkylation sites (N-methyl/N-ethyl adjacent to an activating group) is 1. The first kappa shape index (κ1) is 18.1. The number of rotatable bonds is 2. The quantitative estimate of drug-likeness (QED) is 0.854. The fourth-order valence-electron chi connectivity index (χ4n) is 3.52. The van der Waals surface area contributed by atoms with E-state index in [4.69, 9.17) is 0 Å². The van der Waals surface area contributed by atoms with Gasteiger partial charge in [-0.15, -0.1) is 0 Å². The maximum Gasteiger partial charge on any atom is 0.416 e. The van der Waals surface area contributed by atoms with Crippen molar-refractivity contribution in [2.75, 3.05) is 18.5 Å². The third-order valence-electron chi connectivity index (χ3n) is 4.98. The van der Waals surface area contributed by atoms with Crippen molar-refractivity contribution in [3.63, 3.8) is 0 Å². The third kappa shape index (κ3) is 2.90. The molecule has 4 rings (SSSR count). The molecule has 1 atom stereocenters. The van der Waals surface area contributed by atoms with E-state index in [9.17, 15) is 22.8 Å². The van der Waals surface area contributed by atoms with Gasteiger partial charge in [0.2, 0.25) is 0 Å². The highest BCUT2D eigenvalue weighted by Gasteiger charge is 2.43. The topological polar surface area (TPSA) is 52.7 Å². The summed E-state index contributed by atoms with van der Waals surface area (Å²) in [5, 5.41) is 2.79. The molecule has 0 saturated carbocycles. The zero-order chi connectivity index (χ0) is 20.1. The molecule has 0 spiro atoms. The van der Waals surface area contributed by atoms with E-state index in [1.165, 1.54) is 29.0 Å². The fourth-order valence-corrected chi connectivity index (χ4v) is 3.52. The number of carbonyl (C=O) groups is 2. The lowest BCUT2D eigenvalue weighted by Crippen LogP contribution is -2.45. The van der Waals surface area contributed by atoms with Gasteiger partial charge in [0.05, 0.1) is 29.4 Å². The second-order valence-corrected chi connectivity index (χ2v) is 6.65. The Morgan fingerprint density at radius 2 is 1.75 bits per heavy atom. The van der Waals surface area contributed by atoms with Gasteiger partial charge in [-0.05, 0) is 23.8 Å². The van der Waals surface area contributed by atoms with Crippen molar-refractivity contribution in [1.82, 2.24) is 10.2 Å². The molecule has 3 amide bonds. The number of anilines is 1. The Bertz CT molecular complexity index is 986. The van der Waals surface area contributed by atoms with Crippen molar-refractivity contribution in [3.05, 3.63) is 77.0 Å². The molecule has 2 heterocycles. The van der Waals surface area contributed by atoms with Crippen LogP contribution < -0.4 is 10.2 Å². The highest BCUT2D eigenvalue weighted by molar-refractivity contribution is 6.11. The average molecular weight is 387 g/mol. The van der Waals surface area contributed by atoms with E-state index in [1.807, 2.05) is 6.07 Å². The number of carbonyl (C=O) groups excluding carboxylic acids is 2. The van der Waals surface area contributed by atoms with E-state index in [-0.39, 0.29) is 18.3 Å². The molecule has 0 bridgehead atoms. The number of nitrogens with zero attached hydrogens (tertiary/aromatic N) is 2. The van der Waals surface area contributed by atoms with Crippen LogP contribution in [0.2, 0.25) is 0 Å². The lowest BCUT2D eigenvalue weighted by Gasteiger charge is -2.31. The molecule has 0 fully saturated rings. The second-order valence-electron chi connectivity index (χ2n) is 6.65. The first-order valence-electron chi connectivity index (χ1n) is 8.58. The van der Waals surface area contributed by atoms with E-state index in [1.54, 1.807) is 24.3 Å². The van der Waals surface area contributed by atoms with Crippen LogP contribution in [0.4, 0.5) is 23.7 Å². The minimum absolute atomic E-state index is 0.0305.